The van der Waals surface area contributed by atoms with Crippen LogP contribution in [0.1, 0.15) is 24.3 Å². The summed E-state index contributed by atoms with van der Waals surface area (Å²) < 4.78 is 31.3. The van der Waals surface area contributed by atoms with Gasteiger partial charge in [0.25, 0.3) is 0 Å². The third kappa shape index (κ3) is 1.98. The lowest BCUT2D eigenvalue weighted by molar-refractivity contribution is 0.375. The molecule has 0 saturated heterocycles. The molecule has 0 spiro atoms. The van der Waals surface area contributed by atoms with Crippen LogP contribution in [0.25, 0.3) is 0 Å². The number of methoxy groups -OCH3 is 1. The summed E-state index contributed by atoms with van der Waals surface area (Å²) in [5.41, 5.74) is 0.0941. The van der Waals surface area contributed by atoms with E-state index in [-0.39, 0.29) is 11.3 Å². The van der Waals surface area contributed by atoms with Crippen LogP contribution >= 0.6 is 11.6 Å². The Morgan fingerprint density at radius 3 is 2.43 bits per heavy atom. The Hall–Kier alpha value is -0.830. The smallest absolute Gasteiger partial charge is 0.165 e. The van der Waals surface area contributed by atoms with E-state index in [1.807, 2.05) is 0 Å². The molecule has 0 aromatic heterocycles. The molecule has 0 radical (unpaired) electrons. The largest absolute Gasteiger partial charge is 0.493 e. The van der Waals surface area contributed by atoms with Crippen molar-refractivity contribution < 1.29 is 13.5 Å². The molecule has 14 heavy (non-hydrogen) atoms. The first-order valence-electron chi connectivity index (χ1n) is 4.27. The van der Waals surface area contributed by atoms with E-state index in [0.717, 1.165) is 12.1 Å². The molecule has 0 aliphatic rings. The van der Waals surface area contributed by atoms with Crippen molar-refractivity contribution in [1.29, 1.82) is 0 Å². The topological polar surface area (TPSA) is 9.23 Å². The Morgan fingerprint density at radius 1 is 1.36 bits per heavy atom. The summed E-state index contributed by atoms with van der Waals surface area (Å²) in [6.45, 7) is 1.79. The highest BCUT2D eigenvalue weighted by Crippen LogP contribution is 2.35. The highest BCUT2D eigenvalue weighted by atomic mass is 35.5. The lowest BCUT2D eigenvalue weighted by Gasteiger charge is -2.13. The van der Waals surface area contributed by atoms with Crippen molar-refractivity contribution in [2.75, 3.05) is 7.11 Å². The van der Waals surface area contributed by atoms with Crippen molar-refractivity contribution in [2.45, 2.75) is 18.7 Å². The number of ether oxygens (including phenoxy) is 1. The number of alkyl halides is 1. The van der Waals surface area contributed by atoms with Crippen molar-refractivity contribution in [2.24, 2.45) is 0 Å². The van der Waals surface area contributed by atoms with Gasteiger partial charge in [0, 0.05) is 0 Å². The third-order valence-electron chi connectivity index (χ3n) is 1.97. The monoisotopic (exact) mass is 220 g/mol. The van der Waals surface area contributed by atoms with Crippen LogP contribution < -0.4 is 4.74 Å². The van der Waals surface area contributed by atoms with E-state index in [9.17, 15) is 8.78 Å². The summed E-state index contributed by atoms with van der Waals surface area (Å²) in [5, 5.41) is -0.569. The van der Waals surface area contributed by atoms with Crippen LogP contribution in [0.4, 0.5) is 8.78 Å². The number of benzene rings is 1. The van der Waals surface area contributed by atoms with Gasteiger partial charge in [0.1, 0.15) is 5.82 Å². The molecular formula is C10H11ClF2O. The van der Waals surface area contributed by atoms with Gasteiger partial charge < -0.3 is 4.74 Å². The summed E-state index contributed by atoms with van der Waals surface area (Å²) in [5.74, 6) is -1.24. The van der Waals surface area contributed by atoms with E-state index < -0.39 is 17.0 Å². The molecule has 0 aliphatic heterocycles. The van der Waals surface area contributed by atoms with Crippen molar-refractivity contribution in [3.8, 4) is 5.75 Å². The zero-order chi connectivity index (χ0) is 10.7. The molecule has 4 heteroatoms. The van der Waals surface area contributed by atoms with Crippen LogP contribution in [0.2, 0.25) is 0 Å². The fraction of sp³-hybridized carbons (Fsp3) is 0.400. The third-order valence-corrected chi connectivity index (χ3v) is 2.50. The van der Waals surface area contributed by atoms with Gasteiger partial charge in [0.2, 0.25) is 0 Å². The fourth-order valence-electron chi connectivity index (χ4n) is 1.25. The van der Waals surface area contributed by atoms with Crippen LogP contribution in [-0.2, 0) is 0 Å². The Labute approximate surface area is 86.6 Å². The molecule has 1 rings (SSSR count). The molecule has 1 aromatic rings. The van der Waals surface area contributed by atoms with Gasteiger partial charge in [0.05, 0.1) is 18.1 Å². The molecule has 0 amide bonds. The van der Waals surface area contributed by atoms with Crippen LogP contribution in [0.5, 0.6) is 5.75 Å². The van der Waals surface area contributed by atoms with Crippen molar-refractivity contribution in [3.63, 3.8) is 0 Å². The molecule has 1 atom stereocenters. The van der Waals surface area contributed by atoms with Crippen molar-refractivity contribution in [3.05, 3.63) is 29.3 Å². The van der Waals surface area contributed by atoms with Gasteiger partial charge >= 0.3 is 0 Å². The molecule has 1 nitrogen and oxygen atoms in total. The maximum absolute atomic E-state index is 13.3. The minimum Gasteiger partial charge on any atom is -0.493 e. The van der Waals surface area contributed by atoms with Gasteiger partial charge in [-0.05, 0) is 18.6 Å². The molecule has 0 N–H and O–H groups in total. The molecule has 0 heterocycles. The van der Waals surface area contributed by atoms with Crippen LogP contribution in [0.3, 0.4) is 0 Å². The standard InChI is InChI=1S/C10H11ClF2O/c1-3-6(11)9-7(12)4-5-8(13)10(9)14-2/h4-6H,3H2,1-2H3. The van der Waals surface area contributed by atoms with Crippen LogP contribution in [0.15, 0.2) is 12.1 Å². The molecule has 0 fully saturated rings. The molecule has 1 unspecified atom stereocenters. The first-order valence-corrected chi connectivity index (χ1v) is 4.71. The highest BCUT2D eigenvalue weighted by Gasteiger charge is 2.20. The molecule has 0 aliphatic carbocycles. The van der Waals surface area contributed by atoms with E-state index in [4.69, 9.17) is 16.3 Å². The first-order chi connectivity index (χ1) is 6.61. The Morgan fingerprint density at radius 2 is 1.93 bits per heavy atom. The molecule has 78 valence electrons. The number of rotatable bonds is 3. The van der Waals surface area contributed by atoms with Gasteiger partial charge in [-0.2, -0.15) is 0 Å². The van der Waals surface area contributed by atoms with E-state index in [2.05, 4.69) is 0 Å². The first kappa shape index (κ1) is 11.2. The zero-order valence-electron chi connectivity index (χ0n) is 7.98. The minimum atomic E-state index is -0.594. The summed E-state index contributed by atoms with van der Waals surface area (Å²) >= 11 is 5.87. The fourth-order valence-corrected chi connectivity index (χ4v) is 1.46. The second-order valence-electron chi connectivity index (χ2n) is 2.85. The SMILES string of the molecule is CCC(Cl)c1c(F)ccc(F)c1OC. The van der Waals surface area contributed by atoms with Gasteiger partial charge in [-0.3, -0.25) is 0 Å². The van der Waals surface area contributed by atoms with Gasteiger partial charge in [0.15, 0.2) is 11.6 Å². The molecule has 1 aromatic carbocycles. The van der Waals surface area contributed by atoms with Crippen LogP contribution in [-0.4, -0.2) is 7.11 Å². The van der Waals surface area contributed by atoms with Gasteiger partial charge in [-0.1, -0.05) is 6.92 Å². The summed E-state index contributed by atoms with van der Waals surface area (Å²) in [6.07, 6.45) is 0.512. The number of hydrogen-bond donors (Lipinski definition) is 0. The van der Waals surface area contributed by atoms with E-state index >= 15 is 0 Å². The average Bonchev–Trinajstić information content (AvgIpc) is 2.19. The predicted octanol–water partition coefficient (Wildman–Crippen LogP) is 3.66. The van der Waals surface area contributed by atoms with Crippen LogP contribution in [0, 0.1) is 11.6 Å². The average molecular weight is 221 g/mol. The van der Waals surface area contributed by atoms with E-state index in [1.165, 1.54) is 7.11 Å². The summed E-state index contributed by atoms with van der Waals surface area (Å²) in [6, 6.07) is 2.08. The van der Waals surface area contributed by atoms with Gasteiger partial charge in [-0.25, -0.2) is 8.78 Å². The number of halogens is 3. The normalized spacial score (nSPS) is 12.6. The highest BCUT2D eigenvalue weighted by molar-refractivity contribution is 6.21. The minimum absolute atomic E-state index is 0.0941. The Bertz CT molecular complexity index is 328. The lowest BCUT2D eigenvalue weighted by atomic mass is 10.1. The zero-order valence-corrected chi connectivity index (χ0v) is 8.74. The Kier molecular flexibility index (Phi) is 3.69. The predicted molar refractivity (Wildman–Crippen MR) is 51.8 cm³/mol. The van der Waals surface area contributed by atoms with E-state index in [0.29, 0.717) is 6.42 Å². The summed E-state index contributed by atoms with van der Waals surface area (Å²) in [4.78, 5) is 0. The maximum atomic E-state index is 13.3. The Balaban J connectivity index is 3.29. The summed E-state index contributed by atoms with van der Waals surface area (Å²) in [7, 11) is 1.29. The lowest BCUT2D eigenvalue weighted by Crippen LogP contribution is -2.01. The van der Waals surface area contributed by atoms with Gasteiger partial charge in [-0.15, -0.1) is 11.6 Å². The van der Waals surface area contributed by atoms with E-state index in [1.54, 1.807) is 6.92 Å². The molecular weight excluding hydrogens is 210 g/mol. The molecule has 0 bridgehead atoms. The second-order valence-corrected chi connectivity index (χ2v) is 3.38. The molecule has 0 saturated carbocycles. The maximum Gasteiger partial charge on any atom is 0.165 e. The number of hydrogen-bond acceptors (Lipinski definition) is 1. The quantitative estimate of drug-likeness (QED) is 0.707. The second kappa shape index (κ2) is 4.60. The van der Waals surface area contributed by atoms with Crippen molar-refractivity contribution in [1.82, 2.24) is 0 Å². The van der Waals surface area contributed by atoms with Crippen molar-refractivity contribution >= 4 is 11.6 Å².